The third kappa shape index (κ3) is 3.32. The van der Waals surface area contributed by atoms with Crippen LogP contribution in [0, 0.1) is 0 Å². The molecule has 18 heavy (non-hydrogen) atoms. The van der Waals surface area contributed by atoms with Gasteiger partial charge in [0, 0.05) is 18.8 Å². The van der Waals surface area contributed by atoms with Gasteiger partial charge in [0.1, 0.15) is 0 Å². The lowest BCUT2D eigenvalue weighted by Gasteiger charge is -2.30. The molecule has 0 heterocycles. The summed E-state index contributed by atoms with van der Waals surface area (Å²) in [6.45, 7) is 2.12. The van der Waals surface area contributed by atoms with Crippen molar-refractivity contribution in [3.8, 4) is 0 Å². The van der Waals surface area contributed by atoms with Gasteiger partial charge in [-0.3, -0.25) is 0 Å². The standard InChI is InChI=1S/C13H20N2O2S/c1-4-10(8-18-3)15(2)12-7-9(13(16)17)5-6-11(12)14/h5-7,10H,4,8,14H2,1-3H3,(H,16,17). The summed E-state index contributed by atoms with van der Waals surface area (Å²) in [4.78, 5) is 13.1. The first-order valence-corrected chi connectivity index (χ1v) is 7.25. The largest absolute Gasteiger partial charge is 0.478 e. The van der Waals surface area contributed by atoms with Crippen LogP contribution in [-0.4, -0.2) is 36.2 Å². The van der Waals surface area contributed by atoms with Crippen molar-refractivity contribution in [2.75, 3.05) is 29.7 Å². The summed E-state index contributed by atoms with van der Waals surface area (Å²) in [5.41, 5.74) is 7.61. The summed E-state index contributed by atoms with van der Waals surface area (Å²) in [6.07, 6.45) is 3.06. The lowest BCUT2D eigenvalue weighted by Crippen LogP contribution is -2.33. The number of nitrogen functional groups attached to an aromatic ring is 1. The number of carboxylic acid groups (broad SMARTS) is 1. The zero-order chi connectivity index (χ0) is 13.7. The fourth-order valence-electron chi connectivity index (χ4n) is 1.87. The first-order valence-electron chi connectivity index (χ1n) is 5.85. The van der Waals surface area contributed by atoms with Gasteiger partial charge < -0.3 is 15.7 Å². The average molecular weight is 268 g/mol. The molecule has 100 valence electrons. The minimum absolute atomic E-state index is 0.269. The second-order valence-corrected chi connectivity index (χ2v) is 5.12. The number of carbonyl (C=O) groups is 1. The Morgan fingerprint density at radius 2 is 2.22 bits per heavy atom. The van der Waals surface area contributed by atoms with Crippen molar-refractivity contribution in [2.24, 2.45) is 0 Å². The van der Waals surface area contributed by atoms with Crippen molar-refractivity contribution < 1.29 is 9.90 Å². The second kappa shape index (κ2) is 6.54. The molecular formula is C13H20N2O2S. The smallest absolute Gasteiger partial charge is 0.335 e. The molecule has 1 unspecified atom stereocenters. The van der Waals surface area contributed by atoms with Crippen LogP contribution in [0.15, 0.2) is 18.2 Å². The number of hydrogen-bond acceptors (Lipinski definition) is 4. The molecule has 5 heteroatoms. The molecule has 0 saturated carbocycles. The predicted molar refractivity (Wildman–Crippen MR) is 78.7 cm³/mol. The first-order chi connectivity index (χ1) is 8.51. The molecule has 0 bridgehead atoms. The van der Waals surface area contributed by atoms with Gasteiger partial charge in [-0.1, -0.05) is 6.92 Å². The molecule has 1 aromatic carbocycles. The SMILES string of the molecule is CCC(CSC)N(C)c1cc(C(=O)O)ccc1N. The fourth-order valence-corrected chi connectivity index (χ4v) is 2.72. The average Bonchev–Trinajstić information content (AvgIpc) is 2.35. The van der Waals surface area contributed by atoms with Crippen LogP contribution in [0.1, 0.15) is 23.7 Å². The number of anilines is 2. The molecule has 0 spiro atoms. The highest BCUT2D eigenvalue weighted by Gasteiger charge is 2.16. The summed E-state index contributed by atoms with van der Waals surface area (Å²) in [7, 11) is 1.96. The number of hydrogen-bond donors (Lipinski definition) is 2. The molecular weight excluding hydrogens is 248 g/mol. The van der Waals surface area contributed by atoms with E-state index in [1.54, 1.807) is 23.9 Å². The molecule has 1 rings (SSSR count). The highest BCUT2D eigenvalue weighted by atomic mass is 32.2. The quantitative estimate of drug-likeness (QED) is 0.776. The van der Waals surface area contributed by atoms with Crippen molar-refractivity contribution in [2.45, 2.75) is 19.4 Å². The van der Waals surface area contributed by atoms with Gasteiger partial charge in [-0.25, -0.2) is 4.79 Å². The molecule has 0 fully saturated rings. The Morgan fingerprint density at radius 1 is 1.56 bits per heavy atom. The molecule has 0 saturated heterocycles. The van der Waals surface area contributed by atoms with Gasteiger partial charge in [0.2, 0.25) is 0 Å². The summed E-state index contributed by atoms with van der Waals surface area (Å²) in [6, 6.07) is 5.18. The van der Waals surface area contributed by atoms with Crippen molar-refractivity contribution in [1.29, 1.82) is 0 Å². The van der Waals surface area contributed by atoms with E-state index in [2.05, 4.69) is 18.1 Å². The van der Waals surface area contributed by atoms with E-state index < -0.39 is 5.97 Å². The lowest BCUT2D eigenvalue weighted by atomic mass is 10.1. The molecule has 1 aromatic rings. The van der Waals surface area contributed by atoms with Crippen molar-refractivity contribution in [1.82, 2.24) is 0 Å². The van der Waals surface area contributed by atoms with Crippen LogP contribution in [0.4, 0.5) is 11.4 Å². The lowest BCUT2D eigenvalue weighted by molar-refractivity contribution is 0.0697. The first kappa shape index (κ1) is 14.7. The number of nitrogens with two attached hydrogens (primary N) is 1. The highest BCUT2D eigenvalue weighted by Crippen LogP contribution is 2.27. The highest BCUT2D eigenvalue weighted by molar-refractivity contribution is 7.98. The number of thioether (sulfide) groups is 1. The zero-order valence-electron chi connectivity index (χ0n) is 11.0. The molecule has 4 nitrogen and oxygen atoms in total. The minimum atomic E-state index is -0.928. The summed E-state index contributed by atoms with van der Waals surface area (Å²) in [5, 5.41) is 9.02. The van der Waals surface area contributed by atoms with Crippen LogP contribution < -0.4 is 10.6 Å². The molecule has 0 aliphatic rings. The Kier molecular flexibility index (Phi) is 5.34. The van der Waals surface area contributed by atoms with Gasteiger partial charge >= 0.3 is 5.97 Å². The topological polar surface area (TPSA) is 66.6 Å². The maximum absolute atomic E-state index is 11.0. The van der Waals surface area contributed by atoms with E-state index in [4.69, 9.17) is 10.8 Å². The fraction of sp³-hybridized carbons (Fsp3) is 0.462. The maximum Gasteiger partial charge on any atom is 0.335 e. The van der Waals surface area contributed by atoms with E-state index in [1.807, 2.05) is 7.05 Å². The van der Waals surface area contributed by atoms with E-state index >= 15 is 0 Å². The van der Waals surface area contributed by atoms with Gasteiger partial charge in [-0.2, -0.15) is 11.8 Å². The Hall–Kier alpha value is -1.36. The maximum atomic E-state index is 11.0. The van der Waals surface area contributed by atoms with Gasteiger partial charge in [0.25, 0.3) is 0 Å². The van der Waals surface area contributed by atoms with Gasteiger partial charge in [-0.15, -0.1) is 0 Å². The monoisotopic (exact) mass is 268 g/mol. The normalized spacial score (nSPS) is 12.2. The molecule has 0 radical (unpaired) electrons. The third-order valence-corrected chi connectivity index (χ3v) is 3.75. The number of carboxylic acids is 1. The van der Waals surface area contributed by atoms with E-state index in [-0.39, 0.29) is 5.56 Å². The van der Waals surface area contributed by atoms with Crippen LogP contribution >= 0.6 is 11.8 Å². The molecule has 0 aromatic heterocycles. The molecule has 1 atom stereocenters. The van der Waals surface area contributed by atoms with Crippen molar-refractivity contribution in [3.63, 3.8) is 0 Å². The van der Waals surface area contributed by atoms with Gasteiger partial charge in [-0.05, 0) is 30.9 Å². The number of rotatable bonds is 6. The summed E-state index contributed by atoms with van der Waals surface area (Å²) >= 11 is 1.77. The van der Waals surface area contributed by atoms with E-state index in [0.717, 1.165) is 17.9 Å². The molecule has 3 N–H and O–H groups in total. The van der Waals surface area contributed by atoms with Crippen molar-refractivity contribution in [3.05, 3.63) is 23.8 Å². The molecule has 0 aliphatic carbocycles. The number of benzene rings is 1. The van der Waals surface area contributed by atoms with Crippen molar-refractivity contribution >= 4 is 29.1 Å². The third-order valence-electron chi connectivity index (χ3n) is 3.04. The van der Waals surface area contributed by atoms with E-state index in [9.17, 15) is 4.79 Å². The molecule has 0 amide bonds. The number of aromatic carboxylic acids is 1. The second-order valence-electron chi connectivity index (χ2n) is 4.21. The minimum Gasteiger partial charge on any atom is -0.478 e. The van der Waals surface area contributed by atoms with E-state index in [0.29, 0.717) is 11.7 Å². The van der Waals surface area contributed by atoms with Gasteiger partial charge in [0.05, 0.1) is 16.9 Å². The molecule has 0 aliphatic heterocycles. The Labute approximate surface area is 112 Å². The van der Waals surface area contributed by atoms with Crippen LogP contribution in [-0.2, 0) is 0 Å². The Bertz CT molecular complexity index is 423. The summed E-state index contributed by atoms with van der Waals surface area (Å²) < 4.78 is 0. The van der Waals surface area contributed by atoms with Crippen LogP contribution in [0.5, 0.6) is 0 Å². The number of nitrogens with zero attached hydrogens (tertiary/aromatic N) is 1. The van der Waals surface area contributed by atoms with E-state index in [1.165, 1.54) is 6.07 Å². The summed E-state index contributed by atoms with van der Waals surface area (Å²) in [5.74, 6) is 0.0616. The predicted octanol–water partition coefficient (Wildman–Crippen LogP) is 2.54. The Morgan fingerprint density at radius 3 is 2.72 bits per heavy atom. The van der Waals surface area contributed by atoms with Crippen LogP contribution in [0.2, 0.25) is 0 Å². The zero-order valence-corrected chi connectivity index (χ0v) is 11.8. The van der Waals surface area contributed by atoms with Crippen LogP contribution in [0.25, 0.3) is 0 Å². The van der Waals surface area contributed by atoms with Crippen LogP contribution in [0.3, 0.4) is 0 Å². The van der Waals surface area contributed by atoms with Gasteiger partial charge in [0.15, 0.2) is 0 Å². The Balaban J connectivity index is 3.06.